The molecule has 0 bridgehead atoms. The van der Waals surface area contributed by atoms with Crippen LogP contribution in [0.1, 0.15) is 33.0 Å². The minimum atomic E-state index is -0.517. The molecule has 9 heteroatoms. The molecule has 0 saturated carbocycles. The third-order valence-electron chi connectivity index (χ3n) is 4.81. The van der Waals surface area contributed by atoms with E-state index in [1.54, 1.807) is 30.3 Å². The van der Waals surface area contributed by atoms with Gasteiger partial charge in [0.05, 0.1) is 25.0 Å². The van der Waals surface area contributed by atoms with Crippen molar-refractivity contribution in [1.82, 2.24) is 10.5 Å². The number of carbonyl (C=O) groups is 2. The second-order valence-electron chi connectivity index (χ2n) is 7.12. The Kier molecular flexibility index (Phi) is 7.13. The molecule has 0 spiro atoms. The predicted molar refractivity (Wildman–Crippen MR) is 119 cm³/mol. The van der Waals surface area contributed by atoms with Crippen molar-refractivity contribution in [1.29, 1.82) is 0 Å². The number of para-hydroxylation sites is 1. The number of ether oxygens (including phenoxy) is 3. The van der Waals surface area contributed by atoms with Crippen molar-refractivity contribution >= 4 is 17.5 Å². The van der Waals surface area contributed by atoms with Gasteiger partial charge in [0.1, 0.15) is 23.8 Å². The van der Waals surface area contributed by atoms with Crippen molar-refractivity contribution in [3.8, 4) is 11.5 Å². The van der Waals surface area contributed by atoms with Crippen LogP contribution in [0.3, 0.4) is 0 Å². The topological polar surface area (TPSA) is 108 Å². The monoisotopic (exact) mass is 449 g/mol. The number of pyridine rings is 1. The maximum absolute atomic E-state index is 12.8. The Morgan fingerprint density at radius 1 is 1.06 bits per heavy atom. The maximum Gasteiger partial charge on any atom is 0.278 e. The van der Waals surface area contributed by atoms with Crippen molar-refractivity contribution in [3.05, 3.63) is 83.7 Å². The lowest BCUT2D eigenvalue weighted by Gasteiger charge is -2.25. The Hall–Kier alpha value is -3.95. The van der Waals surface area contributed by atoms with Crippen LogP contribution in [0.4, 0.5) is 5.69 Å². The molecule has 1 fully saturated rings. The molecule has 1 aliphatic heterocycles. The fourth-order valence-corrected chi connectivity index (χ4v) is 3.00. The average Bonchev–Trinajstić information content (AvgIpc) is 2.82. The first-order chi connectivity index (χ1) is 16.1. The maximum atomic E-state index is 12.8. The number of carbonyl (C=O) groups excluding carboxylic acids is 2. The second kappa shape index (κ2) is 10.6. The summed E-state index contributed by atoms with van der Waals surface area (Å²) in [6.45, 7) is 0.821. The molecule has 1 unspecified atom stereocenters. The normalized spacial score (nSPS) is 14.6. The summed E-state index contributed by atoms with van der Waals surface area (Å²) in [7, 11) is 1.45. The van der Waals surface area contributed by atoms with Crippen LogP contribution in [0.25, 0.3) is 0 Å². The van der Waals surface area contributed by atoms with Gasteiger partial charge in [0.15, 0.2) is 6.29 Å². The van der Waals surface area contributed by atoms with E-state index in [2.05, 4.69) is 15.8 Å². The standard InChI is InChI=1S/C24H23N3O6/c1-30-21-11-10-16(14-19(21)23(28)27-33-22-12-13-31-22)26-24(29)20-9-5-6-17(25-20)15-32-18-7-3-2-4-8-18/h2-11,14,22H,12-13,15H2,1H3,(H,26,29)(H,27,28). The number of methoxy groups -OCH3 is 1. The van der Waals surface area contributed by atoms with Crippen LogP contribution in [-0.2, 0) is 16.2 Å². The molecule has 0 radical (unpaired) electrons. The van der Waals surface area contributed by atoms with E-state index in [1.165, 1.54) is 13.2 Å². The Morgan fingerprint density at radius 3 is 2.61 bits per heavy atom. The summed E-state index contributed by atoms with van der Waals surface area (Å²) in [5, 5.41) is 2.75. The average molecular weight is 449 g/mol. The molecule has 170 valence electrons. The number of rotatable bonds is 9. The number of hydrogen-bond acceptors (Lipinski definition) is 7. The van der Waals surface area contributed by atoms with E-state index >= 15 is 0 Å². The molecule has 4 rings (SSSR count). The van der Waals surface area contributed by atoms with E-state index in [1.807, 2.05) is 30.3 Å². The van der Waals surface area contributed by atoms with Crippen molar-refractivity contribution in [2.75, 3.05) is 19.0 Å². The Balaban J connectivity index is 1.41. The van der Waals surface area contributed by atoms with Gasteiger partial charge in [-0.2, -0.15) is 0 Å². The molecule has 1 aliphatic rings. The van der Waals surface area contributed by atoms with E-state index in [-0.39, 0.29) is 17.9 Å². The number of hydrogen-bond donors (Lipinski definition) is 2. The number of hydroxylamine groups is 1. The van der Waals surface area contributed by atoms with Crippen molar-refractivity contribution in [2.24, 2.45) is 0 Å². The molecule has 2 amide bonds. The first kappa shape index (κ1) is 22.3. The number of aromatic nitrogens is 1. The van der Waals surface area contributed by atoms with Crippen molar-refractivity contribution in [2.45, 2.75) is 19.3 Å². The zero-order valence-corrected chi connectivity index (χ0v) is 17.9. The van der Waals surface area contributed by atoms with Crippen LogP contribution < -0.4 is 20.3 Å². The van der Waals surface area contributed by atoms with Gasteiger partial charge >= 0.3 is 0 Å². The number of benzene rings is 2. The van der Waals surface area contributed by atoms with Gasteiger partial charge in [0.25, 0.3) is 11.8 Å². The molecule has 2 heterocycles. The third-order valence-corrected chi connectivity index (χ3v) is 4.81. The summed E-state index contributed by atoms with van der Waals surface area (Å²) < 4.78 is 16.1. The van der Waals surface area contributed by atoms with Gasteiger partial charge in [-0.15, -0.1) is 0 Å². The van der Waals surface area contributed by atoms with E-state index in [4.69, 9.17) is 19.0 Å². The van der Waals surface area contributed by atoms with Crippen LogP contribution in [0.15, 0.2) is 66.7 Å². The van der Waals surface area contributed by atoms with Crippen molar-refractivity contribution < 1.29 is 28.6 Å². The summed E-state index contributed by atoms with van der Waals surface area (Å²) >= 11 is 0. The smallest absolute Gasteiger partial charge is 0.278 e. The quantitative estimate of drug-likeness (QED) is 0.483. The summed E-state index contributed by atoms with van der Waals surface area (Å²) in [4.78, 5) is 34.8. The van der Waals surface area contributed by atoms with Crippen LogP contribution in [-0.4, -0.2) is 36.8 Å². The number of anilines is 1. The molecule has 1 atom stereocenters. The van der Waals surface area contributed by atoms with Crippen LogP contribution in [0.2, 0.25) is 0 Å². The van der Waals surface area contributed by atoms with E-state index in [0.717, 1.165) is 0 Å². The Bertz CT molecular complexity index is 1120. The summed E-state index contributed by atoms with van der Waals surface area (Å²) in [6.07, 6.45) is 0.253. The second-order valence-corrected chi connectivity index (χ2v) is 7.12. The lowest BCUT2D eigenvalue weighted by molar-refractivity contribution is -0.235. The molecule has 9 nitrogen and oxygen atoms in total. The molecular formula is C24H23N3O6. The highest BCUT2D eigenvalue weighted by Gasteiger charge is 2.22. The highest BCUT2D eigenvalue weighted by molar-refractivity contribution is 6.04. The zero-order valence-electron chi connectivity index (χ0n) is 17.9. The Morgan fingerprint density at radius 2 is 1.88 bits per heavy atom. The minimum absolute atomic E-state index is 0.201. The summed E-state index contributed by atoms with van der Waals surface area (Å²) in [5.41, 5.74) is 3.77. The molecule has 33 heavy (non-hydrogen) atoms. The predicted octanol–water partition coefficient (Wildman–Crippen LogP) is 3.33. The largest absolute Gasteiger partial charge is 0.496 e. The molecular weight excluding hydrogens is 426 g/mol. The van der Waals surface area contributed by atoms with Gasteiger partial charge in [-0.1, -0.05) is 24.3 Å². The van der Waals surface area contributed by atoms with Crippen LogP contribution >= 0.6 is 0 Å². The van der Waals surface area contributed by atoms with Gasteiger partial charge in [-0.3, -0.25) is 9.59 Å². The lowest BCUT2D eigenvalue weighted by Crippen LogP contribution is -2.37. The third kappa shape index (κ3) is 5.85. The summed E-state index contributed by atoms with van der Waals surface area (Å²) in [6, 6.07) is 19.2. The number of nitrogens with zero attached hydrogens (tertiary/aromatic N) is 1. The highest BCUT2D eigenvalue weighted by atomic mass is 16.8. The first-order valence-electron chi connectivity index (χ1n) is 10.3. The fourth-order valence-electron chi connectivity index (χ4n) is 3.00. The fraction of sp³-hybridized carbons (Fsp3) is 0.208. The van der Waals surface area contributed by atoms with Gasteiger partial charge in [-0.05, 0) is 42.5 Å². The van der Waals surface area contributed by atoms with Crippen LogP contribution in [0.5, 0.6) is 11.5 Å². The van der Waals surface area contributed by atoms with E-state index < -0.39 is 18.1 Å². The van der Waals surface area contributed by atoms with Crippen LogP contribution in [0, 0.1) is 0 Å². The van der Waals surface area contributed by atoms with E-state index in [0.29, 0.717) is 35.9 Å². The minimum Gasteiger partial charge on any atom is -0.496 e. The molecule has 1 saturated heterocycles. The Labute approximate surface area is 190 Å². The number of nitrogens with one attached hydrogen (secondary N) is 2. The van der Waals surface area contributed by atoms with Gasteiger partial charge < -0.3 is 19.5 Å². The molecule has 2 aromatic carbocycles. The molecule has 3 aromatic rings. The van der Waals surface area contributed by atoms with Crippen molar-refractivity contribution in [3.63, 3.8) is 0 Å². The molecule has 2 N–H and O–H groups in total. The molecule has 0 aliphatic carbocycles. The number of amides is 2. The SMILES string of the molecule is COc1ccc(NC(=O)c2cccc(COc3ccccc3)n2)cc1C(=O)NOC1CCO1. The van der Waals surface area contributed by atoms with Gasteiger partial charge in [-0.25, -0.2) is 15.3 Å². The first-order valence-corrected chi connectivity index (χ1v) is 10.3. The summed E-state index contributed by atoms with van der Waals surface area (Å²) in [5.74, 6) is 0.108. The molecule has 1 aromatic heterocycles. The lowest BCUT2D eigenvalue weighted by atomic mass is 10.1. The zero-order chi connectivity index (χ0) is 23.0. The van der Waals surface area contributed by atoms with E-state index in [9.17, 15) is 9.59 Å². The van der Waals surface area contributed by atoms with Gasteiger partial charge in [0.2, 0.25) is 0 Å². The van der Waals surface area contributed by atoms with Gasteiger partial charge in [0, 0.05) is 12.1 Å². The highest BCUT2D eigenvalue weighted by Crippen LogP contribution is 2.23.